The van der Waals surface area contributed by atoms with Gasteiger partial charge in [0.25, 0.3) is 0 Å². The van der Waals surface area contributed by atoms with Crippen molar-refractivity contribution in [2.24, 2.45) is 16.7 Å². The van der Waals surface area contributed by atoms with E-state index in [1.54, 1.807) is 6.92 Å². The fraction of sp³-hybridized carbons (Fsp3) is 0.846. The standard InChI is InChI=1S/C13H21NO3/c1-8(11(16)17)14-7-13-5-4-9(6-10(13)15)12(13,2)3/h8-9,14H,4-7H2,1-3H3,(H,16,17)/t8-,9?,13?/m1/s1. The van der Waals surface area contributed by atoms with Crippen LogP contribution in [0.25, 0.3) is 0 Å². The van der Waals surface area contributed by atoms with E-state index in [1.807, 2.05) is 0 Å². The first-order chi connectivity index (χ1) is 7.81. The lowest BCUT2D eigenvalue weighted by Gasteiger charge is -2.37. The minimum atomic E-state index is -0.862. The van der Waals surface area contributed by atoms with Crippen LogP contribution in [0.15, 0.2) is 0 Å². The summed E-state index contributed by atoms with van der Waals surface area (Å²) in [4.78, 5) is 23.0. The van der Waals surface area contributed by atoms with Gasteiger partial charge in [0.2, 0.25) is 0 Å². The van der Waals surface area contributed by atoms with Gasteiger partial charge in [-0.15, -0.1) is 0 Å². The van der Waals surface area contributed by atoms with E-state index in [1.165, 1.54) is 0 Å². The molecule has 2 bridgehead atoms. The number of hydrogen-bond acceptors (Lipinski definition) is 3. The number of fused-ring (bicyclic) bond motifs is 2. The summed E-state index contributed by atoms with van der Waals surface area (Å²) in [5.41, 5.74) is -0.323. The largest absolute Gasteiger partial charge is 0.480 e. The number of aliphatic carboxylic acids is 1. The van der Waals surface area contributed by atoms with Gasteiger partial charge in [0.05, 0.1) is 0 Å². The van der Waals surface area contributed by atoms with Crippen molar-refractivity contribution in [3.8, 4) is 0 Å². The molecule has 0 spiro atoms. The van der Waals surface area contributed by atoms with E-state index in [2.05, 4.69) is 19.2 Å². The van der Waals surface area contributed by atoms with Gasteiger partial charge in [-0.05, 0) is 31.1 Å². The topological polar surface area (TPSA) is 66.4 Å². The molecule has 0 saturated heterocycles. The number of ketones is 1. The average Bonchev–Trinajstić information content (AvgIpc) is 2.59. The van der Waals surface area contributed by atoms with Crippen molar-refractivity contribution < 1.29 is 14.7 Å². The third-order valence-electron chi connectivity index (χ3n) is 5.22. The summed E-state index contributed by atoms with van der Waals surface area (Å²) in [6, 6.07) is -0.590. The van der Waals surface area contributed by atoms with Crippen LogP contribution in [-0.4, -0.2) is 29.4 Å². The first-order valence-electron chi connectivity index (χ1n) is 6.31. The molecule has 0 heterocycles. The summed E-state index contributed by atoms with van der Waals surface area (Å²) in [7, 11) is 0. The molecule has 2 aliphatic rings. The predicted octanol–water partition coefficient (Wildman–Crippen LogP) is 1.44. The first-order valence-corrected chi connectivity index (χ1v) is 6.31. The lowest BCUT2D eigenvalue weighted by Crippen LogP contribution is -2.48. The molecule has 3 atom stereocenters. The number of Topliss-reactive ketones (excluding diaryl/α,β-unsaturated/α-hetero) is 1. The molecule has 2 unspecified atom stereocenters. The Kier molecular flexibility index (Phi) is 2.81. The average molecular weight is 239 g/mol. The second kappa shape index (κ2) is 3.80. The van der Waals surface area contributed by atoms with E-state index in [-0.39, 0.29) is 10.8 Å². The van der Waals surface area contributed by atoms with E-state index in [9.17, 15) is 9.59 Å². The SMILES string of the molecule is C[C@@H](NCC12CCC(CC1=O)C2(C)C)C(=O)O. The van der Waals surface area contributed by atoms with Crippen LogP contribution < -0.4 is 5.32 Å². The highest BCUT2D eigenvalue weighted by molar-refractivity contribution is 5.90. The van der Waals surface area contributed by atoms with Crippen molar-refractivity contribution in [2.75, 3.05) is 6.54 Å². The molecule has 0 aromatic heterocycles. The minimum absolute atomic E-state index is 0.00923. The molecule has 0 aromatic carbocycles. The maximum atomic E-state index is 12.2. The Hall–Kier alpha value is -0.900. The Bertz CT molecular complexity index is 364. The van der Waals surface area contributed by atoms with Crippen LogP contribution in [-0.2, 0) is 9.59 Å². The highest BCUT2D eigenvalue weighted by atomic mass is 16.4. The minimum Gasteiger partial charge on any atom is -0.480 e. The van der Waals surface area contributed by atoms with Crippen molar-refractivity contribution >= 4 is 11.8 Å². The Labute approximate surface area is 102 Å². The third kappa shape index (κ3) is 1.61. The van der Waals surface area contributed by atoms with Gasteiger partial charge < -0.3 is 10.4 Å². The number of carboxylic acid groups (broad SMARTS) is 1. The summed E-state index contributed by atoms with van der Waals surface area (Å²) in [6.45, 7) is 6.44. The first kappa shape index (κ1) is 12.6. The summed E-state index contributed by atoms with van der Waals surface area (Å²) in [5, 5.41) is 11.9. The zero-order valence-corrected chi connectivity index (χ0v) is 10.7. The lowest BCUT2D eigenvalue weighted by atomic mass is 9.69. The van der Waals surface area contributed by atoms with E-state index in [0.717, 1.165) is 12.8 Å². The summed E-state index contributed by atoms with van der Waals surface area (Å²) >= 11 is 0. The van der Waals surface area contributed by atoms with Crippen LogP contribution in [0.3, 0.4) is 0 Å². The Morgan fingerprint density at radius 2 is 2.24 bits per heavy atom. The molecule has 2 rings (SSSR count). The van der Waals surface area contributed by atoms with Crippen LogP contribution in [0.5, 0.6) is 0 Å². The van der Waals surface area contributed by atoms with Crippen LogP contribution in [0.2, 0.25) is 0 Å². The number of carboxylic acids is 1. The smallest absolute Gasteiger partial charge is 0.320 e. The monoisotopic (exact) mass is 239 g/mol. The molecule has 2 N–H and O–H groups in total. The third-order valence-corrected chi connectivity index (χ3v) is 5.22. The molecular weight excluding hydrogens is 218 g/mol. The molecule has 0 radical (unpaired) electrons. The maximum Gasteiger partial charge on any atom is 0.320 e. The highest BCUT2D eigenvalue weighted by Gasteiger charge is 2.63. The second-order valence-electron chi connectivity index (χ2n) is 6.11. The summed E-state index contributed by atoms with van der Waals surface area (Å²) < 4.78 is 0. The molecule has 2 aliphatic carbocycles. The van der Waals surface area contributed by atoms with E-state index >= 15 is 0 Å². The Morgan fingerprint density at radius 1 is 1.59 bits per heavy atom. The summed E-state index contributed by atoms with van der Waals surface area (Å²) in [5.74, 6) is -0.0556. The normalized spacial score (nSPS) is 36.2. The molecule has 4 nitrogen and oxygen atoms in total. The van der Waals surface area contributed by atoms with Gasteiger partial charge in [0, 0.05) is 18.4 Å². The molecular formula is C13H21NO3. The van der Waals surface area contributed by atoms with E-state index in [4.69, 9.17) is 5.11 Å². The number of hydrogen-bond donors (Lipinski definition) is 2. The molecule has 4 heteroatoms. The van der Waals surface area contributed by atoms with Crippen molar-refractivity contribution in [1.29, 1.82) is 0 Å². The quantitative estimate of drug-likeness (QED) is 0.779. The maximum absolute atomic E-state index is 12.2. The van der Waals surface area contributed by atoms with Crippen molar-refractivity contribution in [3.05, 3.63) is 0 Å². The number of carbonyl (C=O) groups is 2. The predicted molar refractivity (Wildman–Crippen MR) is 63.7 cm³/mol. The Balaban J connectivity index is 2.13. The lowest BCUT2D eigenvalue weighted by molar-refractivity contribution is -0.140. The van der Waals surface area contributed by atoms with Crippen LogP contribution in [0.1, 0.15) is 40.0 Å². The molecule has 0 aliphatic heterocycles. The van der Waals surface area contributed by atoms with Crippen molar-refractivity contribution in [2.45, 2.75) is 46.1 Å². The molecule has 0 amide bonds. The van der Waals surface area contributed by atoms with E-state index in [0.29, 0.717) is 24.7 Å². The van der Waals surface area contributed by atoms with Crippen LogP contribution >= 0.6 is 0 Å². The molecule has 2 fully saturated rings. The molecule has 17 heavy (non-hydrogen) atoms. The second-order valence-corrected chi connectivity index (χ2v) is 6.11. The van der Waals surface area contributed by atoms with Gasteiger partial charge in [0.1, 0.15) is 11.8 Å². The van der Waals surface area contributed by atoms with E-state index < -0.39 is 12.0 Å². The van der Waals surface area contributed by atoms with Gasteiger partial charge in [-0.2, -0.15) is 0 Å². The highest BCUT2D eigenvalue weighted by Crippen LogP contribution is 2.63. The molecule has 2 saturated carbocycles. The number of carbonyl (C=O) groups excluding carboxylic acids is 1. The van der Waals surface area contributed by atoms with Crippen LogP contribution in [0.4, 0.5) is 0 Å². The molecule has 96 valence electrons. The number of nitrogens with one attached hydrogen (secondary N) is 1. The van der Waals surface area contributed by atoms with Gasteiger partial charge in [-0.3, -0.25) is 9.59 Å². The van der Waals surface area contributed by atoms with Crippen LogP contribution in [0, 0.1) is 16.7 Å². The fourth-order valence-corrected chi connectivity index (χ4v) is 3.60. The molecule has 0 aromatic rings. The van der Waals surface area contributed by atoms with Gasteiger partial charge in [-0.1, -0.05) is 13.8 Å². The van der Waals surface area contributed by atoms with Gasteiger partial charge in [-0.25, -0.2) is 0 Å². The van der Waals surface area contributed by atoms with Crippen molar-refractivity contribution in [1.82, 2.24) is 5.32 Å². The Morgan fingerprint density at radius 3 is 2.65 bits per heavy atom. The number of rotatable bonds is 4. The zero-order valence-electron chi connectivity index (χ0n) is 10.7. The van der Waals surface area contributed by atoms with Crippen molar-refractivity contribution in [3.63, 3.8) is 0 Å². The van der Waals surface area contributed by atoms with Gasteiger partial charge >= 0.3 is 5.97 Å². The summed E-state index contributed by atoms with van der Waals surface area (Å²) in [6.07, 6.45) is 2.68. The van der Waals surface area contributed by atoms with Gasteiger partial charge in [0.15, 0.2) is 0 Å². The zero-order chi connectivity index (χ0) is 12.8. The fourth-order valence-electron chi connectivity index (χ4n) is 3.60.